The van der Waals surface area contributed by atoms with Crippen LogP contribution < -0.4 is 0 Å². The number of fused-ring (bicyclic) bond motifs is 3. The molecule has 0 aliphatic carbocycles. The van der Waals surface area contributed by atoms with Crippen LogP contribution in [0.4, 0.5) is 5.69 Å². The number of nitrogens with zero attached hydrogens (tertiary/aromatic N) is 1. The van der Waals surface area contributed by atoms with Crippen LogP contribution in [0, 0.1) is 0 Å². The van der Waals surface area contributed by atoms with E-state index in [1.165, 1.54) is 0 Å². The van der Waals surface area contributed by atoms with Gasteiger partial charge in [-0.2, -0.15) is 0 Å². The number of hydrogen-bond acceptors (Lipinski definition) is 3. The van der Waals surface area contributed by atoms with E-state index in [2.05, 4.69) is 11.1 Å². The summed E-state index contributed by atoms with van der Waals surface area (Å²) in [5.41, 5.74) is 3.49. The van der Waals surface area contributed by atoms with Gasteiger partial charge in [-0.1, -0.05) is 29.8 Å². The molecule has 5 rings (SSSR count). The van der Waals surface area contributed by atoms with Crippen LogP contribution in [0.25, 0.3) is 33.3 Å². The van der Waals surface area contributed by atoms with Gasteiger partial charge in [0.25, 0.3) is 0 Å². The number of hydrogen-bond donors (Lipinski definition) is 0. The SMILES string of the molecule is Clc1ccc(-c2ccc(C=Nc3ccc4c(c3)oc3ccccc34)o2)cc1. The van der Waals surface area contributed by atoms with E-state index in [1.54, 1.807) is 6.21 Å². The minimum Gasteiger partial charge on any atom is -0.456 e. The predicted octanol–water partition coefficient (Wildman–Crippen LogP) is 7.25. The molecular formula is C23H14ClNO2. The topological polar surface area (TPSA) is 38.6 Å². The van der Waals surface area contributed by atoms with Crippen molar-refractivity contribution in [2.24, 2.45) is 4.99 Å². The zero-order chi connectivity index (χ0) is 18.2. The number of furan rings is 2. The van der Waals surface area contributed by atoms with Gasteiger partial charge in [0.2, 0.25) is 0 Å². The molecule has 2 heterocycles. The molecule has 0 atom stereocenters. The van der Waals surface area contributed by atoms with Crippen molar-refractivity contribution >= 4 is 45.4 Å². The summed E-state index contributed by atoms with van der Waals surface area (Å²) in [6, 6.07) is 25.3. The summed E-state index contributed by atoms with van der Waals surface area (Å²) in [5, 5.41) is 2.90. The number of aliphatic imine (C=N–C) groups is 1. The van der Waals surface area contributed by atoms with Crippen LogP contribution >= 0.6 is 11.6 Å². The summed E-state index contributed by atoms with van der Waals surface area (Å²) in [4.78, 5) is 4.52. The maximum Gasteiger partial charge on any atom is 0.145 e. The van der Waals surface area contributed by atoms with E-state index in [1.807, 2.05) is 72.8 Å². The second kappa shape index (κ2) is 6.45. The highest BCUT2D eigenvalue weighted by atomic mass is 35.5. The molecule has 0 spiro atoms. The molecule has 0 amide bonds. The molecule has 5 aromatic rings. The first-order valence-corrected chi connectivity index (χ1v) is 8.95. The van der Waals surface area contributed by atoms with Crippen molar-refractivity contribution in [3.8, 4) is 11.3 Å². The molecular weight excluding hydrogens is 358 g/mol. The fourth-order valence-corrected chi connectivity index (χ4v) is 3.25. The molecule has 0 radical (unpaired) electrons. The van der Waals surface area contributed by atoms with Gasteiger partial charge in [-0.25, -0.2) is 0 Å². The lowest BCUT2D eigenvalue weighted by Crippen LogP contribution is -1.75. The zero-order valence-electron chi connectivity index (χ0n) is 14.2. The largest absolute Gasteiger partial charge is 0.456 e. The highest BCUT2D eigenvalue weighted by molar-refractivity contribution is 6.30. The Kier molecular flexibility index (Phi) is 3.80. The van der Waals surface area contributed by atoms with Gasteiger partial charge in [-0.15, -0.1) is 0 Å². The molecule has 0 unspecified atom stereocenters. The van der Waals surface area contributed by atoms with Crippen LogP contribution in [0.15, 0.2) is 92.7 Å². The second-order valence-electron chi connectivity index (χ2n) is 6.25. The number of halogens is 1. The molecule has 27 heavy (non-hydrogen) atoms. The summed E-state index contributed by atoms with van der Waals surface area (Å²) < 4.78 is 11.8. The van der Waals surface area contributed by atoms with Crippen LogP contribution in [0.2, 0.25) is 5.02 Å². The van der Waals surface area contributed by atoms with Gasteiger partial charge < -0.3 is 8.83 Å². The fraction of sp³-hybridized carbons (Fsp3) is 0. The van der Waals surface area contributed by atoms with Gasteiger partial charge in [0, 0.05) is 27.4 Å². The third-order valence-corrected chi connectivity index (χ3v) is 4.71. The smallest absolute Gasteiger partial charge is 0.145 e. The van der Waals surface area contributed by atoms with Crippen molar-refractivity contribution in [1.82, 2.24) is 0 Å². The van der Waals surface area contributed by atoms with Crippen molar-refractivity contribution in [2.45, 2.75) is 0 Å². The van der Waals surface area contributed by atoms with E-state index < -0.39 is 0 Å². The Balaban J connectivity index is 1.43. The molecule has 0 aliphatic heterocycles. The first-order valence-electron chi connectivity index (χ1n) is 8.57. The Morgan fingerprint density at radius 2 is 1.56 bits per heavy atom. The average molecular weight is 372 g/mol. The Morgan fingerprint density at radius 1 is 0.741 bits per heavy atom. The molecule has 0 saturated carbocycles. The quantitative estimate of drug-likeness (QED) is 0.313. The molecule has 0 saturated heterocycles. The lowest BCUT2D eigenvalue weighted by molar-refractivity contribution is 0.575. The summed E-state index contributed by atoms with van der Waals surface area (Å²) >= 11 is 5.93. The van der Waals surface area contributed by atoms with Gasteiger partial charge in [0.15, 0.2) is 0 Å². The molecule has 0 N–H and O–H groups in total. The van der Waals surface area contributed by atoms with Crippen LogP contribution in [-0.4, -0.2) is 6.21 Å². The van der Waals surface area contributed by atoms with Crippen LogP contribution in [-0.2, 0) is 0 Å². The summed E-state index contributed by atoms with van der Waals surface area (Å²) in [6.07, 6.45) is 1.71. The Morgan fingerprint density at radius 3 is 2.44 bits per heavy atom. The van der Waals surface area contributed by atoms with E-state index in [0.717, 1.165) is 38.9 Å². The molecule has 0 aliphatic rings. The number of para-hydroxylation sites is 1. The van der Waals surface area contributed by atoms with Gasteiger partial charge in [0.1, 0.15) is 22.7 Å². The summed E-state index contributed by atoms with van der Waals surface area (Å²) in [6.45, 7) is 0. The van der Waals surface area contributed by atoms with Crippen LogP contribution in [0.1, 0.15) is 5.76 Å². The van der Waals surface area contributed by atoms with E-state index in [9.17, 15) is 0 Å². The van der Waals surface area contributed by atoms with Gasteiger partial charge >= 0.3 is 0 Å². The number of rotatable bonds is 3. The van der Waals surface area contributed by atoms with Gasteiger partial charge in [-0.05, 0) is 54.6 Å². The molecule has 3 aromatic carbocycles. The van der Waals surface area contributed by atoms with Crippen molar-refractivity contribution in [2.75, 3.05) is 0 Å². The van der Waals surface area contributed by atoms with E-state index in [-0.39, 0.29) is 0 Å². The first kappa shape index (κ1) is 15.9. The van der Waals surface area contributed by atoms with Crippen molar-refractivity contribution in [3.63, 3.8) is 0 Å². The van der Waals surface area contributed by atoms with Gasteiger partial charge in [-0.3, -0.25) is 4.99 Å². The average Bonchev–Trinajstić information content (AvgIpc) is 3.31. The van der Waals surface area contributed by atoms with E-state index in [4.69, 9.17) is 20.4 Å². The van der Waals surface area contributed by atoms with Crippen LogP contribution in [0.5, 0.6) is 0 Å². The summed E-state index contributed by atoms with van der Waals surface area (Å²) in [5.74, 6) is 1.46. The molecule has 4 heteroatoms. The number of benzene rings is 3. The van der Waals surface area contributed by atoms with Crippen molar-refractivity contribution < 1.29 is 8.83 Å². The third-order valence-electron chi connectivity index (χ3n) is 4.46. The lowest BCUT2D eigenvalue weighted by atomic mass is 10.1. The van der Waals surface area contributed by atoms with Crippen LogP contribution in [0.3, 0.4) is 0 Å². The highest BCUT2D eigenvalue weighted by Crippen LogP contribution is 2.31. The zero-order valence-corrected chi connectivity index (χ0v) is 15.0. The molecule has 3 nitrogen and oxygen atoms in total. The minimum absolute atomic E-state index is 0.685. The molecule has 130 valence electrons. The monoisotopic (exact) mass is 371 g/mol. The van der Waals surface area contributed by atoms with E-state index in [0.29, 0.717) is 10.8 Å². The maximum atomic E-state index is 5.93. The normalized spacial score (nSPS) is 11.7. The molecule has 0 fully saturated rings. The lowest BCUT2D eigenvalue weighted by Gasteiger charge is -1.96. The highest BCUT2D eigenvalue weighted by Gasteiger charge is 2.07. The second-order valence-corrected chi connectivity index (χ2v) is 6.68. The Bertz CT molecular complexity index is 1280. The molecule has 2 aromatic heterocycles. The summed E-state index contributed by atoms with van der Waals surface area (Å²) in [7, 11) is 0. The van der Waals surface area contributed by atoms with Gasteiger partial charge in [0.05, 0.1) is 11.9 Å². The first-order chi connectivity index (χ1) is 13.3. The van der Waals surface area contributed by atoms with Crippen molar-refractivity contribution in [3.05, 3.63) is 89.6 Å². The standard InChI is InChI=1S/C23H14ClNO2/c24-16-7-5-15(6-8-16)21-12-10-18(26-21)14-25-17-9-11-20-19-3-1-2-4-22(19)27-23(20)13-17/h1-14H. The maximum absolute atomic E-state index is 5.93. The van der Waals surface area contributed by atoms with Crippen molar-refractivity contribution in [1.29, 1.82) is 0 Å². The predicted molar refractivity (Wildman–Crippen MR) is 110 cm³/mol. The molecule has 0 bridgehead atoms. The Labute approximate surface area is 160 Å². The Hall–Kier alpha value is -3.30. The minimum atomic E-state index is 0.685. The third kappa shape index (κ3) is 3.03. The van der Waals surface area contributed by atoms with E-state index >= 15 is 0 Å². The fourth-order valence-electron chi connectivity index (χ4n) is 3.12.